The molecular weight excluding hydrogens is 198 g/mol. The maximum Gasteiger partial charge on any atom is 0.119 e. The van der Waals surface area contributed by atoms with Gasteiger partial charge in [-0.1, -0.05) is 12.1 Å². The number of hydrogen-bond acceptors (Lipinski definition) is 2. The van der Waals surface area contributed by atoms with Crippen LogP contribution in [0.3, 0.4) is 0 Å². The fraction of sp³-hybridized carbons (Fsp3) is 0.571. The molecule has 2 aliphatic rings. The van der Waals surface area contributed by atoms with Gasteiger partial charge in [-0.3, -0.25) is 0 Å². The molecule has 0 spiro atoms. The van der Waals surface area contributed by atoms with E-state index in [1.54, 1.807) is 0 Å². The number of nitrogens with one attached hydrogen (secondary N) is 1. The SMILES string of the molecule is Oc1cccc2c1CC(CNC1CC1)CC2. The zero-order valence-corrected chi connectivity index (χ0v) is 9.58. The Balaban J connectivity index is 1.67. The third-order valence-electron chi connectivity index (χ3n) is 3.84. The van der Waals surface area contributed by atoms with Gasteiger partial charge in [-0.05, 0) is 61.8 Å². The van der Waals surface area contributed by atoms with E-state index in [2.05, 4.69) is 11.4 Å². The topological polar surface area (TPSA) is 32.3 Å². The van der Waals surface area contributed by atoms with Gasteiger partial charge < -0.3 is 10.4 Å². The van der Waals surface area contributed by atoms with Crippen molar-refractivity contribution >= 4 is 0 Å². The largest absolute Gasteiger partial charge is 0.508 e. The van der Waals surface area contributed by atoms with Crippen molar-refractivity contribution in [3.63, 3.8) is 0 Å². The summed E-state index contributed by atoms with van der Waals surface area (Å²) in [5.41, 5.74) is 2.54. The highest BCUT2D eigenvalue weighted by molar-refractivity contribution is 5.41. The van der Waals surface area contributed by atoms with Crippen molar-refractivity contribution in [3.05, 3.63) is 29.3 Å². The number of benzene rings is 1. The summed E-state index contributed by atoms with van der Waals surface area (Å²) in [7, 11) is 0. The molecule has 0 radical (unpaired) electrons. The Labute approximate surface area is 96.7 Å². The first-order valence-electron chi connectivity index (χ1n) is 6.36. The van der Waals surface area contributed by atoms with Crippen molar-refractivity contribution in [1.29, 1.82) is 0 Å². The molecule has 2 N–H and O–H groups in total. The molecule has 1 aromatic rings. The molecule has 2 nitrogen and oxygen atoms in total. The van der Waals surface area contributed by atoms with Crippen LogP contribution < -0.4 is 5.32 Å². The second kappa shape index (κ2) is 4.10. The summed E-state index contributed by atoms with van der Waals surface area (Å²) in [6.45, 7) is 1.12. The molecule has 2 heteroatoms. The molecule has 1 aromatic carbocycles. The molecule has 0 aromatic heterocycles. The molecule has 1 atom stereocenters. The fourth-order valence-electron chi connectivity index (χ4n) is 2.64. The first kappa shape index (κ1) is 10.2. The summed E-state index contributed by atoms with van der Waals surface area (Å²) in [4.78, 5) is 0. The van der Waals surface area contributed by atoms with Gasteiger partial charge >= 0.3 is 0 Å². The summed E-state index contributed by atoms with van der Waals surface area (Å²) in [6.07, 6.45) is 6.14. The maximum absolute atomic E-state index is 9.84. The maximum atomic E-state index is 9.84. The van der Waals surface area contributed by atoms with Crippen molar-refractivity contribution in [2.45, 2.75) is 38.1 Å². The fourth-order valence-corrected chi connectivity index (χ4v) is 2.64. The van der Waals surface area contributed by atoms with E-state index >= 15 is 0 Å². The van der Waals surface area contributed by atoms with Gasteiger partial charge in [0.1, 0.15) is 5.75 Å². The minimum atomic E-state index is 0.494. The van der Waals surface area contributed by atoms with Gasteiger partial charge in [-0.25, -0.2) is 0 Å². The van der Waals surface area contributed by atoms with E-state index in [-0.39, 0.29) is 0 Å². The lowest BCUT2D eigenvalue weighted by Crippen LogP contribution is -2.28. The quantitative estimate of drug-likeness (QED) is 0.814. The molecular formula is C14H19NO. The Morgan fingerprint density at radius 2 is 2.12 bits per heavy atom. The third-order valence-corrected chi connectivity index (χ3v) is 3.84. The van der Waals surface area contributed by atoms with Crippen molar-refractivity contribution in [1.82, 2.24) is 5.32 Å². The van der Waals surface area contributed by atoms with E-state index in [1.165, 1.54) is 30.4 Å². The van der Waals surface area contributed by atoms with Gasteiger partial charge in [0.2, 0.25) is 0 Å². The minimum Gasteiger partial charge on any atom is -0.508 e. The Morgan fingerprint density at radius 1 is 1.25 bits per heavy atom. The van der Waals surface area contributed by atoms with Crippen LogP contribution >= 0.6 is 0 Å². The molecule has 0 heterocycles. The van der Waals surface area contributed by atoms with Crippen LogP contribution in [0.1, 0.15) is 30.4 Å². The lowest BCUT2D eigenvalue weighted by Gasteiger charge is -2.25. The van der Waals surface area contributed by atoms with Crippen molar-refractivity contribution in [2.24, 2.45) is 5.92 Å². The number of aryl methyl sites for hydroxylation is 1. The zero-order valence-electron chi connectivity index (χ0n) is 9.58. The molecule has 3 rings (SSSR count). The summed E-state index contributed by atoms with van der Waals surface area (Å²) in [5.74, 6) is 1.20. The highest BCUT2D eigenvalue weighted by Gasteiger charge is 2.24. The van der Waals surface area contributed by atoms with Crippen LogP contribution in [0.4, 0.5) is 0 Å². The second-order valence-electron chi connectivity index (χ2n) is 5.21. The number of aromatic hydroxyl groups is 1. The van der Waals surface area contributed by atoms with Gasteiger partial charge in [-0.2, -0.15) is 0 Å². The van der Waals surface area contributed by atoms with Crippen LogP contribution in [-0.4, -0.2) is 17.7 Å². The summed E-state index contributed by atoms with van der Waals surface area (Å²) in [6, 6.07) is 6.72. The average Bonchev–Trinajstić information content (AvgIpc) is 3.11. The van der Waals surface area contributed by atoms with Crippen LogP contribution in [0.5, 0.6) is 5.75 Å². The molecule has 16 heavy (non-hydrogen) atoms. The Morgan fingerprint density at radius 3 is 2.94 bits per heavy atom. The van der Waals surface area contributed by atoms with Gasteiger partial charge in [-0.15, -0.1) is 0 Å². The van der Waals surface area contributed by atoms with Gasteiger partial charge in [0.05, 0.1) is 0 Å². The van der Waals surface area contributed by atoms with Crippen molar-refractivity contribution < 1.29 is 5.11 Å². The normalized spacial score (nSPS) is 24.1. The predicted molar refractivity (Wildman–Crippen MR) is 64.6 cm³/mol. The molecule has 86 valence electrons. The van der Waals surface area contributed by atoms with E-state index < -0.39 is 0 Å². The second-order valence-corrected chi connectivity index (χ2v) is 5.21. The summed E-state index contributed by atoms with van der Waals surface area (Å²) < 4.78 is 0. The van der Waals surface area contributed by atoms with Crippen LogP contribution in [0.2, 0.25) is 0 Å². The number of rotatable bonds is 3. The lowest BCUT2D eigenvalue weighted by atomic mass is 9.83. The first-order valence-corrected chi connectivity index (χ1v) is 6.36. The van der Waals surface area contributed by atoms with E-state index in [4.69, 9.17) is 0 Å². The number of phenols is 1. The highest BCUT2D eigenvalue weighted by Crippen LogP contribution is 2.31. The minimum absolute atomic E-state index is 0.494. The molecule has 0 saturated heterocycles. The number of phenolic OH excluding ortho intramolecular Hbond substituents is 1. The number of hydrogen-bond donors (Lipinski definition) is 2. The Bertz CT molecular complexity index is 384. The van der Waals surface area contributed by atoms with Crippen LogP contribution in [-0.2, 0) is 12.8 Å². The Kier molecular flexibility index (Phi) is 2.60. The molecule has 1 saturated carbocycles. The number of fused-ring (bicyclic) bond motifs is 1. The zero-order chi connectivity index (χ0) is 11.0. The van der Waals surface area contributed by atoms with E-state index in [0.717, 1.165) is 25.4 Å². The Hall–Kier alpha value is -1.02. The van der Waals surface area contributed by atoms with E-state index in [1.807, 2.05) is 12.1 Å². The first-order chi connectivity index (χ1) is 7.83. The monoisotopic (exact) mass is 217 g/mol. The van der Waals surface area contributed by atoms with Gasteiger partial charge in [0, 0.05) is 6.04 Å². The molecule has 2 aliphatic carbocycles. The van der Waals surface area contributed by atoms with E-state index in [9.17, 15) is 5.11 Å². The van der Waals surface area contributed by atoms with E-state index in [0.29, 0.717) is 11.7 Å². The van der Waals surface area contributed by atoms with Crippen LogP contribution in [0.15, 0.2) is 18.2 Å². The molecule has 0 amide bonds. The predicted octanol–water partition coefficient (Wildman–Crippen LogP) is 2.25. The molecule has 0 aliphatic heterocycles. The van der Waals surface area contributed by atoms with Crippen LogP contribution in [0, 0.1) is 5.92 Å². The van der Waals surface area contributed by atoms with Gasteiger partial charge in [0.25, 0.3) is 0 Å². The highest BCUT2D eigenvalue weighted by atomic mass is 16.3. The summed E-state index contributed by atoms with van der Waals surface area (Å²) >= 11 is 0. The molecule has 1 fully saturated rings. The van der Waals surface area contributed by atoms with Crippen LogP contribution in [0.25, 0.3) is 0 Å². The third kappa shape index (κ3) is 2.07. The smallest absolute Gasteiger partial charge is 0.119 e. The van der Waals surface area contributed by atoms with Gasteiger partial charge in [0.15, 0.2) is 0 Å². The molecule has 0 bridgehead atoms. The van der Waals surface area contributed by atoms with Crippen molar-refractivity contribution in [2.75, 3.05) is 6.54 Å². The molecule has 1 unspecified atom stereocenters. The standard InChI is InChI=1S/C14H19NO/c16-14-3-1-2-11-5-4-10(8-13(11)14)9-15-12-6-7-12/h1-3,10,12,15-16H,4-9H2. The summed E-state index contributed by atoms with van der Waals surface area (Å²) in [5, 5.41) is 13.4. The average molecular weight is 217 g/mol. The van der Waals surface area contributed by atoms with Crippen molar-refractivity contribution in [3.8, 4) is 5.75 Å². The lowest BCUT2D eigenvalue weighted by molar-refractivity contribution is 0.403.